The van der Waals surface area contributed by atoms with Gasteiger partial charge >= 0.3 is 0 Å². The quantitative estimate of drug-likeness (QED) is 0.799. The lowest BCUT2D eigenvalue weighted by Gasteiger charge is -2.14. The Labute approximate surface area is 107 Å². The number of aromatic nitrogens is 2. The van der Waals surface area contributed by atoms with Crippen LogP contribution in [0.2, 0.25) is 0 Å². The van der Waals surface area contributed by atoms with Gasteiger partial charge in [0.2, 0.25) is 0 Å². The van der Waals surface area contributed by atoms with Crippen molar-refractivity contribution >= 4 is 22.6 Å². The molecule has 1 N–H and O–H groups in total. The Hall–Kier alpha value is -1.02. The van der Waals surface area contributed by atoms with Crippen LogP contribution in [0.25, 0.3) is 11.0 Å². The van der Waals surface area contributed by atoms with E-state index in [0.29, 0.717) is 17.7 Å². The monoisotopic (exact) mass is 250 g/mol. The fraction of sp³-hybridized carbons (Fsp3) is 0.500. The Morgan fingerprint density at radius 1 is 1.29 bits per heavy atom. The van der Waals surface area contributed by atoms with Crippen molar-refractivity contribution in [3.63, 3.8) is 0 Å². The van der Waals surface area contributed by atoms with Crippen LogP contribution in [0.15, 0.2) is 24.3 Å². The van der Waals surface area contributed by atoms with E-state index in [1.165, 1.54) is 0 Å². The smallest absolute Gasteiger partial charge is 0.107 e. The second-order valence-corrected chi connectivity index (χ2v) is 5.36. The second-order valence-electron chi connectivity index (χ2n) is 5.05. The highest BCUT2D eigenvalue weighted by Crippen LogP contribution is 2.19. The third kappa shape index (κ3) is 3.22. The van der Waals surface area contributed by atoms with E-state index in [0.717, 1.165) is 29.7 Å². The predicted octanol–water partition coefficient (Wildman–Crippen LogP) is 4.01. The Kier molecular flexibility index (Phi) is 4.06. The molecule has 0 aliphatic heterocycles. The molecule has 0 amide bonds. The maximum Gasteiger partial charge on any atom is 0.107 e. The van der Waals surface area contributed by atoms with Gasteiger partial charge in [-0.2, -0.15) is 0 Å². The highest BCUT2D eigenvalue weighted by atomic mass is 35.5. The number of benzene rings is 1. The number of rotatable bonds is 5. The molecule has 1 aromatic carbocycles. The number of imidazole rings is 1. The van der Waals surface area contributed by atoms with Gasteiger partial charge in [0.05, 0.1) is 11.0 Å². The van der Waals surface area contributed by atoms with Crippen LogP contribution < -0.4 is 0 Å². The van der Waals surface area contributed by atoms with E-state index in [-0.39, 0.29) is 0 Å². The molecule has 2 aromatic rings. The average molecular weight is 251 g/mol. The van der Waals surface area contributed by atoms with Crippen LogP contribution in [0.5, 0.6) is 0 Å². The number of aromatic amines is 1. The summed E-state index contributed by atoms with van der Waals surface area (Å²) in [6.45, 7) is 4.47. The van der Waals surface area contributed by atoms with Crippen molar-refractivity contribution in [3.8, 4) is 0 Å². The fourth-order valence-electron chi connectivity index (χ4n) is 2.24. The number of halogens is 1. The minimum Gasteiger partial charge on any atom is -0.342 e. The lowest BCUT2D eigenvalue weighted by atomic mass is 9.96. The molecule has 17 heavy (non-hydrogen) atoms. The lowest BCUT2D eigenvalue weighted by Crippen LogP contribution is -2.10. The third-order valence-electron chi connectivity index (χ3n) is 2.94. The molecule has 3 heteroatoms. The summed E-state index contributed by atoms with van der Waals surface area (Å²) in [4.78, 5) is 7.96. The fourth-order valence-corrected chi connectivity index (χ4v) is 2.48. The van der Waals surface area contributed by atoms with Crippen molar-refractivity contribution in [1.29, 1.82) is 0 Å². The molecule has 0 saturated heterocycles. The molecule has 0 radical (unpaired) electrons. The second kappa shape index (κ2) is 5.54. The number of hydrogen-bond donors (Lipinski definition) is 1. The summed E-state index contributed by atoms with van der Waals surface area (Å²) < 4.78 is 0. The number of hydrogen-bond acceptors (Lipinski definition) is 1. The first-order valence-electron chi connectivity index (χ1n) is 6.18. The van der Waals surface area contributed by atoms with Crippen molar-refractivity contribution in [1.82, 2.24) is 9.97 Å². The zero-order chi connectivity index (χ0) is 12.3. The standard InChI is InChI=1S/C14H19ClN2/c1-10(2)7-11(9-15)8-14-16-12-5-3-4-6-13(12)17-14/h3-6,10-11H,7-9H2,1-2H3,(H,16,17)/t11-/m0/s1. The minimum absolute atomic E-state index is 0.511. The van der Waals surface area contributed by atoms with Gasteiger partial charge in [0, 0.05) is 12.3 Å². The zero-order valence-electron chi connectivity index (χ0n) is 10.4. The molecular weight excluding hydrogens is 232 g/mol. The normalized spacial score (nSPS) is 13.4. The van der Waals surface area contributed by atoms with Crippen LogP contribution >= 0.6 is 11.6 Å². The first kappa shape index (κ1) is 12.4. The first-order valence-corrected chi connectivity index (χ1v) is 6.72. The maximum atomic E-state index is 6.02. The largest absolute Gasteiger partial charge is 0.342 e. The summed E-state index contributed by atoms with van der Waals surface area (Å²) in [5.41, 5.74) is 2.15. The molecule has 0 aliphatic carbocycles. The number of nitrogens with one attached hydrogen (secondary N) is 1. The molecule has 0 saturated carbocycles. The van der Waals surface area contributed by atoms with Gasteiger partial charge in [-0.25, -0.2) is 4.98 Å². The molecule has 0 bridgehead atoms. The van der Waals surface area contributed by atoms with Crippen molar-refractivity contribution in [3.05, 3.63) is 30.1 Å². The van der Waals surface area contributed by atoms with Crippen molar-refractivity contribution in [2.75, 3.05) is 5.88 Å². The topological polar surface area (TPSA) is 28.7 Å². The van der Waals surface area contributed by atoms with Crippen LogP contribution in [0.4, 0.5) is 0 Å². The van der Waals surface area contributed by atoms with Gasteiger partial charge in [-0.15, -0.1) is 11.6 Å². The summed E-state index contributed by atoms with van der Waals surface area (Å²) in [5, 5.41) is 0. The number of fused-ring (bicyclic) bond motifs is 1. The van der Waals surface area contributed by atoms with Crippen LogP contribution in [-0.4, -0.2) is 15.8 Å². The van der Waals surface area contributed by atoms with Gasteiger partial charge < -0.3 is 4.98 Å². The highest BCUT2D eigenvalue weighted by molar-refractivity contribution is 6.18. The zero-order valence-corrected chi connectivity index (χ0v) is 11.2. The summed E-state index contributed by atoms with van der Waals surface area (Å²) in [5.74, 6) is 2.95. The van der Waals surface area contributed by atoms with Gasteiger partial charge in [0.1, 0.15) is 5.82 Å². The maximum absolute atomic E-state index is 6.02. The van der Waals surface area contributed by atoms with E-state index in [2.05, 4.69) is 29.9 Å². The third-order valence-corrected chi connectivity index (χ3v) is 3.38. The van der Waals surface area contributed by atoms with E-state index < -0.39 is 0 Å². The van der Waals surface area contributed by atoms with E-state index in [1.54, 1.807) is 0 Å². The summed E-state index contributed by atoms with van der Waals surface area (Å²) in [6, 6.07) is 8.13. The highest BCUT2D eigenvalue weighted by Gasteiger charge is 2.13. The molecule has 1 aromatic heterocycles. The van der Waals surface area contributed by atoms with Gasteiger partial charge in [0.25, 0.3) is 0 Å². The van der Waals surface area contributed by atoms with Gasteiger partial charge in [0.15, 0.2) is 0 Å². The Bertz CT molecular complexity index is 443. The Balaban J connectivity index is 2.11. The summed E-state index contributed by atoms with van der Waals surface area (Å²) in [7, 11) is 0. The lowest BCUT2D eigenvalue weighted by molar-refractivity contribution is 0.435. The average Bonchev–Trinajstić information content (AvgIpc) is 2.69. The van der Waals surface area contributed by atoms with E-state index >= 15 is 0 Å². The van der Waals surface area contributed by atoms with E-state index in [1.807, 2.05) is 18.2 Å². The Morgan fingerprint density at radius 2 is 2.06 bits per heavy atom. The SMILES string of the molecule is CC(C)C[C@H](CCl)Cc1nc2ccccc2[nH]1. The van der Waals surface area contributed by atoms with Gasteiger partial charge in [-0.05, 0) is 30.4 Å². The molecule has 0 fully saturated rings. The summed E-state index contributed by atoms with van der Waals surface area (Å²) >= 11 is 6.02. The number of para-hydroxylation sites is 2. The molecule has 92 valence electrons. The van der Waals surface area contributed by atoms with Gasteiger partial charge in [-0.3, -0.25) is 0 Å². The molecule has 0 spiro atoms. The molecule has 0 unspecified atom stereocenters. The van der Waals surface area contributed by atoms with E-state index in [9.17, 15) is 0 Å². The number of nitrogens with zero attached hydrogens (tertiary/aromatic N) is 1. The van der Waals surface area contributed by atoms with Crippen LogP contribution in [0, 0.1) is 11.8 Å². The van der Waals surface area contributed by atoms with Crippen LogP contribution in [0.3, 0.4) is 0 Å². The van der Waals surface area contributed by atoms with Crippen LogP contribution in [-0.2, 0) is 6.42 Å². The van der Waals surface area contributed by atoms with Crippen molar-refractivity contribution in [2.24, 2.45) is 11.8 Å². The van der Waals surface area contributed by atoms with Crippen molar-refractivity contribution < 1.29 is 0 Å². The van der Waals surface area contributed by atoms with E-state index in [4.69, 9.17) is 11.6 Å². The molecule has 2 rings (SSSR count). The number of alkyl halides is 1. The molecular formula is C14H19ClN2. The molecule has 0 aliphatic rings. The van der Waals surface area contributed by atoms with Gasteiger partial charge in [-0.1, -0.05) is 26.0 Å². The predicted molar refractivity (Wildman–Crippen MR) is 73.5 cm³/mol. The molecule has 1 heterocycles. The Morgan fingerprint density at radius 3 is 2.71 bits per heavy atom. The van der Waals surface area contributed by atoms with Crippen LogP contribution in [0.1, 0.15) is 26.1 Å². The van der Waals surface area contributed by atoms with Crippen molar-refractivity contribution in [2.45, 2.75) is 26.7 Å². The molecule has 1 atom stereocenters. The molecule has 2 nitrogen and oxygen atoms in total. The summed E-state index contributed by atoms with van der Waals surface area (Å²) in [6.07, 6.45) is 2.09. The minimum atomic E-state index is 0.511. The number of H-pyrrole nitrogens is 1. The first-order chi connectivity index (χ1) is 8.19.